The molecule has 0 radical (unpaired) electrons. The van der Waals surface area contributed by atoms with Crippen LogP contribution < -0.4 is 5.32 Å². The van der Waals surface area contributed by atoms with Crippen LogP contribution in [0.1, 0.15) is 5.56 Å². The number of nitrogens with zero attached hydrogens (tertiary/aromatic N) is 1. The summed E-state index contributed by atoms with van der Waals surface area (Å²) in [5.41, 5.74) is 4.07. The molecule has 118 valence electrons. The molecule has 0 amide bonds. The number of benzene rings is 3. The maximum Gasteiger partial charge on any atom is 0.0629 e. The van der Waals surface area contributed by atoms with Crippen LogP contribution in [0.15, 0.2) is 100 Å². The average molecular weight is 377 g/mol. The fourth-order valence-corrected chi connectivity index (χ4v) is 2.49. The van der Waals surface area contributed by atoms with Crippen molar-refractivity contribution in [1.82, 2.24) is 0 Å². The maximum atomic E-state index is 4.48. The zero-order chi connectivity index (χ0) is 16.6. The first-order chi connectivity index (χ1) is 11.8. The molecule has 0 aliphatic heterocycles. The normalized spacial score (nSPS) is 11.6. The highest BCUT2D eigenvalue weighted by Crippen LogP contribution is 2.20. The number of halogens is 1. The molecule has 3 aromatic carbocycles. The van der Waals surface area contributed by atoms with Crippen LogP contribution in [-0.4, -0.2) is 6.21 Å². The van der Waals surface area contributed by atoms with Crippen molar-refractivity contribution in [2.75, 3.05) is 5.32 Å². The smallest absolute Gasteiger partial charge is 0.0629 e. The summed E-state index contributed by atoms with van der Waals surface area (Å²) < 4.78 is 1.06. The van der Waals surface area contributed by atoms with Gasteiger partial charge in [-0.15, -0.1) is 0 Å². The van der Waals surface area contributed by atoms with Crippen LogP contribution >= 0.6 is 15.9 Å². The van der Waals surface area contributed by atoms with Gasteiger partial charge in [0.15, 0.2) is 0 Å². The van der Waals surface area contributed by atoms with Gasteiger partial charge in [-0.25, -0.2) is 0 Å². The van der Waals surface area contributed by atoms with Gasteiger partial charge in [0.25, 0.3) is 0 Å². The molecule has 0 saturated carbocycles. The molecular formula is C21H17BrN2. The Hall–Kier alpha value is -2.65. The van der Waals surface area contributed by atoms with Crippen LogP contribution in [0.25, 0.3) is 5.70 Å². The maximum absolute atomic E-state index is 4.48. The quantitative estimate of drug-likeness (QED) is 0.518. The second-order valence-electron chi connectivity index (χ2n) is 5.19. The van der Waals surface area contributed by atoms with Crippen molar-refractivity contribution in [3.8, 4) is 0 Å². The second kappa shape index (κ2) is 8.27. The highest BCUT2D eigenvalue weighted by Gasteiger charge is 2.01. The zero-order valence-corrected chi connectivity index (χ0v) is 14.6. The Kier molecular flexibility index (Phi) is 5.59. The van der Waals surface area contributed by atoms with Crippen LogP contribution in [0.3, 0.4) is 0 Å². The lowest BCUT2D eigenvalue weighted by atomic mass is 10.1. The Balaban J connectivity index is 1.87. The number of para-hydroxylation sites is 2. The Morgan fingerprint density at radius 2 is 1.42 bits per heavy atom. The van der Waals surface area contributed by atoms with Gasteiger partial charge in [-0.1, -0.05) is 64.5 Å². The highest BCUT2D eigenvalue weighted by atomic mass is 79.9. The molecule has 0 heterocycles. The number of nitrogens with one attached hydrogen (secondary N) is 1. The van der Waals surface area contributed by atoms with Gasteiger partial charge >= 0.3 is 0 Å². The lowest BCUT2D eigenvalue weighted by molar-refractivity contribution is 1.51. The Bertz CT molecular complexity index is 823. The Labute approximate surface area is 150 Å². The van der Waals surface area contributed by atoms with E-state index in [0.717, 1.165) is 27.1 Å². The lowest BCUT2D eigenvalue weighted by Gasteiger charge is -2.11. The summed E-state index contributed by atoms with van der Waals surface area (Å²) in [5.74, 6) is 0. The molecule has 3 rings (SSSR count). The molecule has 0 aliphatic carbocycles. The first-order valence-electron chi connectivity index (χ1n) is 7.69. The summed E-state index contributed by atoms with van der Waals surface area (Å²) in [5, 5.41) is 3.46. The molecule has 0 aromatic heterocycles. The van der Waals surface area contributed by atoms with Crippen molar-refractivity contribution in [2.24, 2.45) is 4.99 Å². The average Bonchev–Trinajstić information content (AvgIpc) is 2.63. The fourth-order valence-electron chi connectivity index (χ4n) is 2.23. The van der Waals surface area contributed by atoms with E-state index in [4.69, 9.17) is 0 Å². The van der Waals surface area contributed by atoms with Crippen LogP contribution in [-0.2, 0) is 0 Å². The first-order valence-corrected chi connectivity index (χ1v) is 8.48. The molecule has 1 N–H and O–H groups in total. The molecule has 2 nitrogen and oxygen atoms in total. The summed E-state index contributed by atoms with van der Waals surface area (Å²) >= 11 is 3.48. The van der Waals surface area contributed by atoms with Gasteiger partial charge in [0, 0.05) is 22.1 Å². The van der Waals surface area contributed by atoms with E-state index in [1.807, 2.05) is 85.1 Å². The molecule has 0 fully saturated rings. The van der Waals surface area contributed by atoms with E-state index >= 15 is 0 Å². The minimum absolute atomic E-state index is 0.934. The molecule has 0 aliphatic rings. The molecule has 3 aromatic rings. The molecule has 0 atom stereocenters. The van der Waals surface area contributed by atoms with Crippen molar-refractivity contribution in [3.05, 3.63) is 101 Å². The van der Waals surface area contributed by atoms with Crippen molar-refractivity contribution >= 4 is 39.2 Å². The number of rotatable bonds is 5. The monoisotopic (exact) mass is 376 g/mol. The van der Waals surface area contributed by atoms with Crippen LogP contribution in [0, 0.1) is 0 Å². The van der Waals surface area contributed by atoms with Crippen LogP contribution in [0.2, 0.25) is 0 Å². The number of hydrogen-bond donors (Lipinski definition) is 1. The zero-order valence-electron chi connectivity index (χ0n) is 13.1. The second-order valence-corrected chi connectivity index (χ2v) is 6.11. The predicted octanol–water partition coefficient (Wildman–Crippen LogP) is 6.30. The predicted molar refractivity (Wildman–Crippen MR) is 107 cm³/mol. The number of allylic oxidation sites excluding steroid dienone is 1. The Morgan fingerprint density at radius 3 is 2.08 bits per heavy atom. The minimum Gasteiger partial charge on any atom is -0.355 e. The van der Waals surface area contributed by atoms with Crippen LogP contribution in [0.5, 0.6) is 0 Å². The van der Waals surface area contributed by atoms with E-state index < -0.39 is 0 Å². The van der Waals surface area contributed by atoms with Crippen molar-refractivity contribution in [1.29, 1.82) is 0 Å². The molecule has 24 heavy (non-hydrogen) atoms. The van der Waals surface area contributed by atoms with Gasteiger partial charge < -0.3 is 5.32 Å². The summed E-state index contributed by atoms with van der Waals surface area (Å²) in [4.78, 5) is 4.48. The summed E-state index contributed by atoms with van der Waals surface area (Å²) in [7, 11) is 0. The molecule has 0 unspecified atom stereocenters. The third kappa shape index (κ3) is 4.67. The van der Waals surface area contributed by atoms with Gasteiger partial charge in [-0.3, -0.25) is 4.99 Å². The van der Waals surface area contributed by atoms with Gasteiger partial charge in [0.1, 0.15) is 0 Å². The molecule has 0 saturated heterocycles. The van der Waals surface area contributed by atoms with E-state index in [2.05, 4.69) is 38.4 Å². The minimum atomic E-state index is 0.934. The SMILES string of the molecule is Brc1ccc(/C(=C/C=Nc2ccccc2)Nc2ccccc2)cc1. The van der Waals surface area contributed by atoms with E-state index in [-0.39, 0.29) is 0 Å². The summed E-state index contributed by atoms with van der Waals surface area (Å²) in [6.45, 7) is 0. The molecule has 3 heteroatoms. The van der Waals surface area contributed by atoms with E-state index in [9.17, 15) is 0 Å². The largest absolute Gasteiger partial charge is 0.355 e. The number of aliphatic imine (C=N–C) groups is 1. The van der Waals surface area contributed by atoms with Gasteiger partial charge in [0.2, 0.25) is 0 Å². The van der Waals surface area contributed by atoms with Crippen molar-refractivity contribution in [2.45, 2.75) is 0 Å². The number of anilines is 1. The van der Waals surface area contributed by atoms with Crippen molar-refractivity contribution in [3.63, 3.8) is 0 Å². The summed E-state index contributed by atoms with van der Waals surface area (Å²) in [6, 6.07) is 28.2. The summed E-state index contributed by atoms with van der Waals surface area (Å²) in [6.07, 6.45) is 3.81. The van der Waals surface area contributed by atoms with Gasteiger partial charge in [-0.05, 0) is 48.0 Å². The number of hydrogen-bond acceptors (Lipinski definition) is 2. The fraction of sp³-hybridized carbons (Fsp3) is 0. The Morgan fingerprint density at radius 1 is 0.792 bits per heavy atom. The third-order valence-electron chi connectivity index (χ3n) is 3.43. The molecule has 0 spiro atoms. The standard InChI is InChI=1S/C21H17BrN2/c22-18-13-11-17(12-14-18)21(24-20-9-5-2-6-10-20)15-16-23-19-7-3-1-4-8-19/h1-16,24H/b21-15-,23-16?. The third-order valence-corrected chi connectivity index (χ3v) is 3.96. The van der Waals surface area contributed by atoms with E-state index in [0.29, 0.717) is 0 Å². The van der Waals surface area contributed by atoms with Gasteiger partial charge in [0.05, 0.1) is 5.69 Å². The van der Waals surface area contributed by atoms with Crippen molar-refractivity contribution < 1.29 is 0 Å². The highest BCUT2D eigenvalue weighted by molar-refractivity contribution is 9.10. The lowest BCUT2D eigenvalue weighted by Crippen LogP contribution is -1.99. The molecular weight excluding hydrogens is 360 g/mol. The van der Waals surface area contributed by atoms with E-state index in [1.54, 1.807) is 0 Å². The van der Waals surface area contributed by atoms with E-state index in [1.165, 1.54) is 0 Å². The van der Waals surface area contributed by atoms with Crippen LogP contribution in [0.4, 0.5) is 11.4 Å². The van der Waals surface area contributed by atoms with Gasteiger partial charge in [-0.2, -0.15) is 0 Å². The topological polar surface area (TPSA) is 24.4 Å². The molecule has 0 bridgehead atoms. The first kappa shape index (κ1) is 16.2.